The molecule has 2 N–H and O–H groups in total. The Balaban J connectivity index is 1.68. The average molecular weight is 457 g/mol. The van der Waals surface area contributed by atoms with E-state index in [1.54, 1.807) is 18.2 Å². The predicted molar refractivity (Wildman–Crippen MR) is 102 cm³/mol. The Bertz CT molecular complexity index is 1030. The van der Waals surface area contributed by atoms with Gasteiger partial charge in [-0.1, -0.05) is 18.2 Å². The van der Waals surface area contributed by atoms with Crippen molar-refractivity contribution in [1.29, 1.82) is 0 Å². The summed E-state index contributed by atoms with van der Waals surface area (Å²) < 4.78 is 77.5. The number of amides is 1. The number of benzene rings is 2. The highest BCUT2D eigenvalue weighted by Crippen LogP contribution is 2.37. The van der Waals surface area contributed by atoms with Crippen LogP contribution in [0, 0.1) is 0 Å². The summed E-state index contributed by atoms with van der Waals surface area (Å²) in [4.78, 5) is 15.7. The highest BCUT2D eigenvalue weighted by molar-refractivity contribution is 5.90. The zero-order valence-corrected chi connectivity index (χ0v) is 16.4. The molecule has 32 heavy (non-hydrogen) atoms. The SMILES string of the molecule is NC(=O)/C=C/c1ccc2c(c1)CCC2/N=N\OCc1cc(C(F)(F)F)cc(C(F)(F)F)c1. The molecule has 0 radical (unpaired) electrons. The van der Waals surface area contributed by atoms with Crippen LogP contribution in [-0.4, -0.2) is 5.91 Å². The molecule has 0 saturated heterocycles. The van der Waals surface area contributed by atoms with Crippen molar-refractivity contribution in [2.75, 3.05) is 0 Å². The maximum atomic E-state index is 12.9. The number of primary amides is 1. The number of rotatable bonds is 6. The van der Waals surface area contributed by atoms with Crippen LogP contribution in [0.3, 0.4) is 0 Å². The van der Waals surface area contributed by atoms with E-state index in [4.69, 9.17) is 10.6 Å². The summed E-state index contributed by atoms with van der Waals surface area (Å²) in [5.41, 5.74) is 4.52. The first kappa shape index (κ1) is 23.3. The van der Waals surface area contributed by atoms with Crippen LogP contribution in [0.1, 0.15) is 45.8 Å². The average Bonchev–Trinajstić information content (AvgIpc) is 3.10. The Hall–Kier alpha value is -3.37. The molecule has 0 heterocycles. The third-order valence-corrected chi connectivity index (χ3v) is 4.78. The second-order valence-electron chi connectivity index (χ2n) is 7.13. The van der Waals surface area contributed by atoms with E-state index >= 15 is 0 Å². The number of carbonyl (C=O) groups excluding carboxylic acids is 1. The summed E-state index contributed by atoms with van der Waals surface area (Å²) in [6, 6.07) is 6.28. The quantitative estimate of drug-likeness (QED) is 0.258. The van der Waals surface area contributed by atoms with Crippen molar-refractivity contribution in [1.82, 2.24) is 0 Å². The van der Waals surface area contributed by atoms with E-state index in [-0.39, 0.29) is 17.7 Å². The van der Waals surface area contributed by atoms with Gasteiger partial charge in [0.2, 0.25) is 5.91 Å². The topological polar surface area (TPSA) is 77.0 Å². The van der Waals surface area contributed by atoms with Crippen molar-refractivity contribution in [3.8, 4) is 0 Å². The van der Waals surface area contributed by atoms with Gasteiger partial charge in [0.15, 0.2) is 0 Å². The fourth-order valence-corrected chi connectivity index (χ4v) is 3.31. The van der Waals surface area contributed by atoms with Gasteiger partial charge in [0.1, 0.15) is 6.61 Å². The predicted octanol–water partition coefficient (Wildman–Crippen LogP) is 5.79. The molecule has 0 aromatic heterocycles. The van der Waals surface area contributed by atoms with Gasteiger partial charge in [0.05, 0.1) is 17.2 Å². The number of fused-ring (bicyclic) bond motifs is 1. The van der Waals surface area contributed by atoms with Gasteiger partial charge in [-0.3, -0.25) is 4.79 Å². The van der Waals surface area contributed by atoms with Crippen LogP contribution in [0.5, 0.6) is 0 Å². The molecular formula is C21H17F6N3O2. The van der Waals surface area contributed by atoms with E-state index in [0.29, 0.717) is 25.0 Å². The molecule has 2 aromatic carbocycles. The molecule has 1 aliphatic carbocycles. The molecule has 1 aliphatic rings. The highest BCUT2D eigenvalue weighted by atomic mass is 19.4. The van der Waals surface area contributed by atoms with Crippen LogP contribution < -0.4 is 5.73 Å². The highest BCUT2D eigenvalue weighted by Gasteiger charge is 2.37. The first-order valence-corrected chi connectivity index (χ1v) is 9.34. The summed E-state index contributed by atoms with van der Waals surface area (Å²) in [5.74, 6) is -0.572. The van der Waals surface area contributed by atoms with Crippen LogP contribution in [0.4, 0.5) is 26.3 Å². The van der Waals surface area contributed by atoms with Gasteiger partial charge in [-0.15, -0.1) is 5.11 Å². The van der Waals surface area contributed by atoms with Gasteiger partial charge in [-0.2, -0.15) is 26.3 Å². The number of aryl methyl sites for hydroxylation is 1. The van der Waals surface area contributed by atoms with Crippen LogP contribution in [0.2, 0.25) is 0 Å². The van der Waals surface area contributed by atoms with Crippen molar-refractivity contribution < 1.29 is 36.0 Å². The molecule has 3 rings (SSSR count). The fraction of sp³-hybridized carbons (Fsp3) is 0.286. The van der Waals surface area contributed by atoms with Gasteiger partial charge in [-0.25, -0.2) is 0 Å². The fourth-order valence-electron chi connectivity index (χ4n) is 3.31. The molecule has 0 bridgehead atoms. The maximum Gasteiger partial charge on any atom is 0.416 e. The number of hydrogen-bond donors (Lipinski definition) is 1. The summed E-state index contributed by atoms with van der Waals surface area (Å²) in [6.45, 7) is -0.604. The Labute approximate surface area is 178 Å². The van der Waals surface area contributed by atoms with E-state index in [1.165, 1.54) is 6.08 Å². The zero-order valence-electron chi connectivity index (χ0n) is 16.4. The molecule has 170 valence electrons. The first-order chi connectivity index (χ1) is 14.9. The van der Waals surface area contributed by atoms with Gasteiger partial charge in [0.25, 0.3) is 0 Å². The molecule has 2 aromatic rings. The molecule has 0 aliphatic heterocycles. The molecular weight excluding hydrogens is 440 g/mol. The van der Waals surface area contributed by atoms with Gasteiger partial charge >= 0.3 is 12.4 Å². The molecule has 11 heteroatoms. The zero-order chi connectivity index (χ0) is 23.5. The first-order valence-electron chi connectivity index (χ1n) is 9.34. The van der Waals surface area contributed by atoms with Crippen molar-refractivity contribution in [3.63, 3.8) is 0 Å². The Morgan fingerprint density at radius 3 is 2.31 bits per heavy atom. The Morgan fingerprint density at radius 2 is 1.72 bits per heavy atom. The maximum absolute atomic E-state index is 12.9. The number of nitrogens with zero attached hydrogens (tertiary/aromatic N) is 2. The second-order valence-corrected chi connectivity index (χ2v) is 7.13. The van der Waals surface area contributed by atoms with E-state index in [0.717, 1.165) is 16.7 Å². The summed E-state index contributed by atoms with van der Waals surface area (Å²) >= 11 is 0. The molecule has 5 nitrogen and oxygen atoms in total. The monoisotopic (exact) mass is 457 g/mol. The van der Waals surface area contributed by atoms with Gasteiger partial charge in [0, 0.05) is 11.4 Å². The summed E-state index contributed by atoms with van der Waals surface area (Å²) in [6.07, 6.45) is -5.77. The number of hydrogen-bond acceptors (Lipinski definition) is 4. The lowest BCUT2D eigenvalue weighted by atomic mass is 10.0. The molecule has 0 spiro atoms. The summed E-state index contributed by atoms with van der Waals surface area (Å²) in [7, 11) is 0. The molecule has 1 atom stereocenters. The Kier molecular flexibility index (Phi) is 6.56. The minimum Gasteiger partial charge on any atom is -0.375 e. The number of halogens is 6. The van der Waals surface area contributed by atoms with Crippen molar-refractivity contribution in [2.45, 2.75) is 37.8 Å². The van der Waals surface area contributed by atoms with Crippen LogP contribution in [0.25, 0.3) is 6.08 Å². The lowest BCUT2D eigenvalue weighted by Crippen LogP contribution is -2.12. The van der Waals surface area contributed by atoms with E-state index in [2.05, 4.69) is 10.4 Å². The van der Waals surface area contributed by atoms with E-state index in [1.807, 2.05) is 6.07 Å². The molecule has 1 unspecified atom stereocenters. The van der Waals surface area contributed by atoms with E-state index < -0.39 is 36.0 Å². The van der Waals surface area contributed by atoms with E-state index in [9.17, 15) is 31.1 Å². The van der Waals surface area contributed by atoms with Crippen LogP contribution in [-0.2, 0) is 35.0 Å². The summed E-state index contributed by atoms with van der Waals surface area (Å²) in [5, 5.41) is 7.49. The normalized spacial score (nSPS) is 16.6. The standard InChI is InChI=1S/C21H17F6N3O2/c22-20(23,24)15-8-13(9-16(10-15)21(25,26)27)11-32-30-29-18-5-3-14-7-12(1-4-17(14)18)2-6-19(28)31/h1-2,4,6-10,18H,3,5,11H2,(H2,28,31)/b6-2+,30-29-. The lowest BCUT2D eigenvalue weighted by Gasteiger charge is -2.13. The molecule has 0 fully saturated rings. The van der Waals surface area contributed by atoms with Crippen molar-refractivity contribution in [3.05, 3.63) is 75.9 Å². The third-order valence-electron chi connectivity index (χ3n) is 4.78. The van der Waals surface area contributed by atoms with Crippen molar-refractivity contribution >= 4 is 12.0 Å². The second kappa shape index (κ2) is 9.01. The largest absolute Gasteiger partial charge is 0.416 e. The van der Waals surface area contributed by atoms with Crippen LogP contribution in [0.15, 0.2) is 52.9 Å². The Morgan fingerprint density at radius 1 is 1.06 bits per heavy atom. The smallest absolute Gasteiger partial charge is 0.375 e. The van der Waals surface area contributed by atoms with Crippen LogP contribution >= 0.6 is 0 Å². The van der Waals surface area contributed by atoms with Crippen molar-refractivity contribution in [2.24, 2.45) is 16.1 Å². The number of alkyl halides is 6. The van der Waals surface area contributed by atoms with Gasteiger partial charge < -0.3 is 10.6 Å². The lowest BCUT2D eigenvalue weighted by molar-refractivity contribution is -0.143. The minimum absolute atomic E-state index is 0.0490. The number of carbonyl (C=O) groups is 1. The molecule has 1 amide bonds. The minimum atomic E-state index is -4.93. The molecule has 0 saturated carbocycles. The third kappa shape index (κ3) is 5.86. The van der Waals surface area contributed by atoms with Gasteiger partial charge in [-0.05, 0) is 59.4 Å². The number of nitrogens with two attached hydrogens (primary N) is 1.